The smallest absolute Gasteiger partial charge is 0.224 e. The summed E-state index contributed by atoms with van der Waals surface area (Å²) in [6.45, 7) is 2.30. The Morgan fingerprint density at radius 2 is 1.97 bits per heavy atom. The maximum atomic E-state index is 12.9. The van der Waals surface area contributed by atoms with E-state index in [9.17, 15) is 4.79 Å². The van der Waals surface area contributed by atoms with Crippen molar-refractivity contribution in [2.75, 3.05) is 34.3 Å². The molecule has 1 N–H and O–H groups in total. The lowest BCUT2D eigenvalue weighted by molar-refractivity contribution is -0.901. The van der Waals surface area contributed by atoms with Crippen LogP contribution >= 0.6 is 23.2 Å². The number of carbonyl (C=O) groups is 1. The van der Waals surface area contributed by atoms with E-state index in [0.717, 1.165) is 48.0 Å². The van der Waals surface area contributed by atoms with Crippen LogP contribution in [-0.4, -0.2) is 50.7 Å². The number of halogens is 2. The number of hydrogen-bond donors (Lipinski definition) is 1. The number of piperidine rings is 1. The van der Waals surface area contributed by atoms with E-state index < -0.39 is 0 Å². The molecule has 1 aliphatic carbocycles. The van der Waals surface area contributed by atoms with Gasteiger partial charge in [-0.3, -0.25) is 4.79 Å². The number of nitrogens with one attached hydrogen (secondary N) is 1. The Morgan fingerprint density at radius 1 is 1.16 bits per heavy atom. The standard InChI is InChI=1S/C26H32Cl2N2O2/c1-30(2)12-11-26(19-5-4-6-22(15-19)32-3)16-21(9-8-20(26)17-30)29-25(31)14-18-7-10-23(27)24(28)13-18/h4-7,10,13,15,20-21H,8-9,11-12,14,16-17H2,1-3H3/p+1/t20-,21-,26+/m1/s1. The van der Waals surface area contributed by atoms with Crippen molar-refractivity contribution < 1.29 is 14.0 Å². The topological polar surface area (TPSA) is 38.3 Å². The molecule has 4 rings (SSSR count). The number of carbonyl (C=O) groups excluding carboxylic acids is 1. The molecule has 3 atom stereocenters. The van der Waals surface area contributed by atoms with Gasteiger partial charge in [-0.25, -0.2) is 0 Å². The molecule has 4 nitrogen and oxygen atoms in total. The molecular formula is C26H33Cl2N2O2+. The highest BCUT2D eigenvalue weighted by atomic mass is 35.5. The van der Waals surface area contributed by atoms with E-state index in [4.69, 9.17) is 27.9 Å². The Bertz CT molecular complexity index is 994. The number of benzene rings is 2. The van der Waals surface area contributed by atoms with Crippen LogP contribution in [0.1, 0.15) is 36.8 Å². The summed E-state index contributed by atoms with van der Waals surface area (Å²) in [4.78, 5) is 12.9. The molecule has 0 aromatic heterocycles. The van der Waals surface area contributed by atoms with E-state index in [1.54, 1.807) is 19.2 Å². The van der Waals surface area contributed by atoms with Crippen molar-refractivity contribution in [3.8, 4) is 5.75 Å². The van der Waals surface area contributed by atoms with Crippen molar-refractivity contribution in [3.63, 3.8) is 0 Å². The quantitative estimate of drug-likeness (QED) is 0.599. The van der Waals surface area contributed by atoms with Crippen LogP contribution in [0.5, 0.6) is 5.75 Å². The summed E-state index contributed by atoms with van der Waals surface area (Å²) in [6.07, 6.45) is 4.54. The number of likely N-dealkylation sites (tertiary alicyclic amines) is 1. The summed E-state index contributed by atoms with van der Waals surface area (Å²) in [7, 11) is 6.39. The van der Waals surface area contributed by atoms with Crippen LogP contribution in [0.2, 0.25) is 10.0 Å². The minimum Gasteiger partial charge on any atom is -0.497 e. The Labute approximate surface area is 201 Å². The van der Waals surface area contributed by atoms with Crippen LogP contribution in [0.4, 0.5) is 0 Å². The number of quaternary nitrogens is 1. The average molecular weight is 476 g/mol. The number of fused-ring (bicyclic) bond motifs is 1. The van der Waals surface area contributed by atoms with Gasteiger partial charge in [-0.15, -0.1) is 0 Å². The van der Waals surface area contributed by atoms with Gasteiger partial charge in [-0.2, -0.15) is 0 Å². The molecule has 2 fully saturated rings. The molecule has 32 heavy (non-hydrogen) atoms. The van der Waals surface area contributed by atoms with Gasteiger partial charge in [-0.05, 0) is 54.7 Å². The van der Waals surface area contributed by atoms with Gasteiger partial charge >= 0.3 is 0 Å². The maximum Gasteiger partial charge on any atom is 0.224 e. The van der Waals surface area contributed by atoms with Gasteiger partial charge in [0, 0.05) is 23.8 Å². The van der Waals surface area contributed by atoms with Crippen molar-refractivity contribution in [3.05, 3.63) is 63.6 Å². The number of rotatable bonds is 5. The summed E-state index contributed by atoms with van der Waals surface area (Å²) in [6, 6.07) is 14.1. The molecule has 1 saturated carbocycles. The zero-order valence-corrected chi connectivity index (χ0v) is 20.7. The third-order valence-corrected chi connectivity index (χ3v) is 8.23. The molecule has 1 amide bonds. The molecule has 2 aromatic carbocycles. The first kappa shape index (κ1) is 23.4. The van der Waals surface area contributed by atoms with Crippen molar-refractivity contribution >= 4 is 29.1 Å². The second-order valence-corrected chi connectivity index (χ2v) is 11.0. The molecule has 0 radical (unpaired) electrons. The van der Waals surface area contributed by atoms with Crippen molar-refractivity contribution in [2.45, 2.75) is 43.6 Å². The summed E-state index contributed by atoms with van der Waals surface area (Å²) >= 11 is 12.1. The van der Waals surface area contributed by atoms with Gasteiger partial charge in [0.1, 0.15) is 5.75 Å². The molecule has 1 aliphatic heterocycles. The fraction of sp³-hybridized carbons (Fsp3) is 0.500. The number of methoxy groups -OCH3 is 1. The number of hydrogen-bond acceptors (Lipinski definition) is 2. The first-order valence-corrected chi connectivity index (χ1v) is 12.2. The van der Waals surface area contributed by atoms with E-state index in [1.165, 1.54) is 12.1 Å². The normalized spacial score (nSPS) is 26.8. The van der Waals surface area contributed by atoms with E-state index >= 15 is 0 Å². The zero-order chi connectivity index (χ0) is 22.9. The van der Waals surface area contributed by atoms with Gasteiger partial charge in [0.25, 0.3) is 0 Å². The monoisotopic (exact) mass is 475 g/mol. The predicted octanol–water partition coefficient (Wildman–Crippen LogP) is 5.25. The first-order valence-electron chi connectivity index (χ1n) is 11.4. The Balaban J connectivity index is 1.53. The lowest BCUT2D eigenvalue weighted by atomic mass is 9.57. The minimum atomic E-state index is 0.0413. The van der Waals surface area contributed by atoms with E-state index in [-0.39, 0.29) is 17.4 Å². The van der Waals surface area contributed by atoms with Gasteiger partial charge < -0.3 is 14.5 Å². The SMILES string of the molecule is COc1cccc([C@@]23CC[N+](C)(C)C[C@H]2CC[C@@H](NC(=O)Cc2ccc(Cl)c(Cl)c2)C3)c1. The highest BCUT2D eigenvalue weighted by molar-refractivity contribution is 6.42. The maximum absolute atomic E-state index is 12.9. The summed E-state index contributed by atoms with van der Waals surface area (Å²) in [5.74, 6) is 1.54. The Kier molecular flexibility index (Phi) is 6.76. The second-order valence-electron chi connectivity index (χ2n) is 10.1. The van der Waals surface area contributed by atoms with Gasteiger partial charge in [-0.1, -0.05) is 41.4 Å². The fourth-order valence-electron chi connectivity index (χ4n) is 5.82. The van der Waals surface area contributed by atoms with E-state index in [0.29, 0.717) is 22.4 Å². The molecule has 1 heterocycles. The summed E-state index contributed by atoms with van der Waals surface area (Å²) in [5.41, 5.74) is 2.30. The van der Waals surface area contributed by atoms with Crippen molar-refractivity contribution in [2.24, 2.45) is 5.92 Å². The average Bonchev–Trinajstić information content (AvgIpc) is 2.76. The number of ether oxygens (including phenoxy) is 1. The number of nitrogens with zero attached hydrogens (tertiary/aromatic N) is 1. The van der Waals surface area contributed by atoms with Gasteiger partial charge in [0.05, 0.1) is 50.8 Å². The highest BCUT2D eigenvalue weighted by Gasteiger charge is 2.51. The third-order valence-electron chi connectivity index (χ3n) is 7.49. The molecule has 0 bridgehead atoms. The Hall–Kier alpha value is -1.75. The van der Waals surface area contributed by atoms with Crippen LogP contribution < -0.4 is 10.1 Å². The molecule has 2 aromatic rings. The lowest BCUT2D eigenvalue weighted by Gasteiger charge is -2.54. The van der Waals surface area contributed by atoms with Crippen LogP contribution in [0.3, 0.4) is 0 Å². The van der Waals surface area contributed by atoms with Crippen LogP contribution in [0.15, 0.2) is 42.5 Å². The first-order chi connectivity index (χ1) is 15.2. The molecule has 1 saturated heterocycles. The van der Waals surface area contributed by atoms with E-state index in [2.05, 4.69) is 37.6 Å². The molecular weight excluding hydrogens is 443 g/mol. The van der Waals surface area contributed by atoms with Crippen molar-refractivity contribution in [1.82, 2.24) is 5.32 Å². The van der Waals surface area contributed by atoms with Crippen LogP contribution in [0.25, 0.3) is 0 Å². The van der Waals surface area contributed by atoms with E-state index in [1.807, 2.05) is 12.1 Å². The second kappa shape index (κ2) is 9.24. The lowest BCUT2D eigenvalue weighted by Crippen LogP contribution is -2.60. The number of amides is 1. The third kappa shape index (κ3) is 4.93. The molecule has 6 heteroatoms. The minimum absolute atomic E-state index is 0.0413. The molecule has 0 spiro atoms. The zero-order valence-electron chi connectivity index (χ0n) is 19.2. The molecule has 172 valence electrons. The highest BCUT2D eigenvalue weighted by Crippen LogP contribution is 2.50. The predicted molar refractivity (Wildman–Crippen MR) is 131 cm³/mol. The summed E-state index contributed by atoms with van der Waals surface area (Å²) < 4.78 is 6.61. The molecule has 2 aliphatic rings. The van der Waals surface area contributed by atoms with Crippen LogP contribution in [-0.2, 0) is 16.6 Å². The van der Waals surface area contributed by atoms with Crippen molar-refractivity contribution in [1.29, 1.82) is 0 Å². The Morgan fingerprint density at radius 3 is 2.72 bits per heavy atom. The fourth-order valence-corrected chi connectivity index (χ4v) is 6.14. The molecule has 0 unspecified atom stereocenters. The summed E-state index contributed by atoms with van der Waals surface area (Å²) in [5, 5.41) is 4.32. The van der Waals surface area contributed by atoms with Gasteiger partial charge in [0.15, 0.2) is 0 Å². The van der Waals surface area contributed by atoms with Crippen LogP contribution in [0, 0.1) is 5.92 Å². The van der Waals surface area contributed by atoms with Gasteiger partial charge in [0.2, 0.25) is 5.91 Å². The largest absolute Gasteiger partial charge is 0.497 e.